The third-order valence-electron chi connectivity index (χ3n) is 3.35. The number of thiophene rings is 1. The predicted molar refractivity (Wildman–Crippen MR) is 90.0 cm³/mol. The minimum atomic E-state index is -0.165. The minimum Gasteiger partial charge on any atom is -0.353 e. The van der Waals surface area contributed by atoms with E-state index in [4.69, 9.17) is 0 Å². The Hall–Kier alpha value is -1.14. The molecule has 1 N–H and O–H groups in total. The van der Waals surface area contributed by atoms with E-state index >= 15 is 0 Å². The molecule has 0 radical (unpaired) electrons. The van der Waals surface area contributed by atoms with E-state index in [0.29, 0.717) is 0 Å². The summed E-state index contributed by atoms with van der Waals surface area (Å²) in [5.74, 6) is 0.0621. The average Bonchev–Trinajstić information content (AvgIpc) is 2.91. The Kier molecular flexibility index (Phi) is 5.58. The van der Waals surface area contributed by atoms with Crippen LogP contribution in [0.4, 0.5) is 0 Å². The number of hydrogen-bond donors (Lipinski definition) is 1. The summed E-state index contributed by atoms with van der Waals surface area (Å²) in [5, 5.41) is 4.80. The normalized spacial score (nSPS) is 14.1. The molecule has 21 heavy (non-hydrogen) atoms. The summed E-state index contributed by atoms with van der Waals surface area (Å²) < 4.78 is 0. The second-order valence-corrected chi connectivity index (χ2v) is 7.49. The highest BCUT2D eigenvalue weighted by atomic mass is 32.2. The van der Waals surface area contributed by atoms with Gasteiger partial charge in [-0.05, 0) is 32.8 Å². The van der Waals surface area contributed by atoms with Gasteiger partial charge in [0.25, 0.3) is 0 Å². The summed E-state index contributed by atoms with van der Waals surface area (Å²) in [6.45, 7) is 8.13. The molecule has 6 heteroatoms. The van der Waals surface area contributed by atoms with E-state index in [1.54, 1.807) is 17.7 Å². The van der Waals surface area contributed by atoms with Crippen LogP contribution in [-0.2, 0) is 11.2 Å². The number of hydrogen-bond acceptors (Lipinski definition) is 5. The van der Waals surface area contributed by atoms with Crippen LogP contribution in [0, 0.1) is 0 Å². The lowest BCUT2D eigenvalue weighted by Gasteiger charge is -2.15. The summed E-state index contributed by atoms with van der Waals surface area (Å²) in [7, 11) is 0. The smallest absolute Gasteiger partial charge is 0.233 e. The molecule has 0 spiro atoms. The Morgan fingerprint density at radius 2 is 2.14 bits per heavy atom. The highest BCUT2D eigenvalue weighted by molar-refractivity contribution is 8.00. The molecular formula is C15H21N3OS2. The fourth-order valence-corrected chi connectivity index (χ4v) is 3.74. The van der Waals surface area contributed by atoms with Gasteiger partial charge >= 0.3 is 0 Å². The van der Waals surface area contributed by atoms with E-state index < -0.39 is 0 Å². The van der Waals surface area contributed by atoms with Crippen molar-refractivity contribution in [3.05, 3.63) is 17.3 Å². The standard InChI is InChI=1S/C15H21N3OS2/c1-5-9(3)18-13(19)10(4)20-14-12-7-11(6-2)21-15(12)17-8-16-14/h7-10H,5-6H2,1-4H3,(H,18,19). The number of nitrogens with zero attached hydrogens (tertiary/aromatic N) is 2. The molecule has 0 fully saturated rings. The molecule has 0 aliphatic carbocycles. The highest BCUT2D eigenvalue weighted by Gasteiger charge is 2.18. The van der Waals surface area contributed by atoms with Crippen LogP contribution in [0.1, 0.15) is 39.0 Å². The largest absolute Gasteiger partial charge is 0.353 e. The van der Waals surface area contributed by atoms with Crippen LogP contribution in [0.5, 0.6) is 0 Å². The van der Waals surface area contributed by atoms with E-state index in [-0.39, 0.29) is 17.2 Å². The van der Waals surface area contributed by atoms with E-state index in [9.17, 15) is 4.79 Å². The van der Waals surface area contributed by atoms with Gasteiger partial charge in [0.15, 0.2) is 0 Å². The van der Waals surface area contributed by atoms with Crippen molar-refractivity contribution in [3.63, 3.8) is 0 Å². The van der Waals surface area contributed by atoms with Crippen molar-refractivity contribution in [2.75, 3.05) is 0 Å². The third kappa shape index (κ3) is 3.95. The second kappa shape index (κ2) is 7.22. The van der Waals surface area contributed by atoms with Gasteiger partial charge in [0.05, 0.1) is 5.25 Å². The maximum Gasteiger partial charge on any atom is 0.233 e. The highest BCUT2D eigenvalue weighted by Crippen LogP contribution is 2.32. The van der Waals surface area contributed by atoms with Gasteiger partial charge < -0.3 is 5.32 Å². The molecule has 0 aliphatic rings. The van der Waals surface area contributed by atoms with E-state index in [0.717, 1.165) is 28.1 Å². The molecule has 4 nitrogen and oxygen atoms in total. The first kappa shape index (κ1) is 16.2. The predicted octanol–water partition coefficient (Wildman–Crippen LogP) is 3.65. The van der Waals surface area contributed by atoms with Crippen LogP contribution in [-0.4, -0.2) is 27.2 Å². The molecule has 2 heterocycles. The number of carbonyl (C=O) groups is 1. The van der Waals surface area contributed by atoms with Crippen molar-refractivity contribution in [2.45, 2.75) is 56.9 Å². The Morgan fingerprint density at radius 1 is 1.38 bits per heavy atom. The van der Waals surface area contributed by atoms with Crippen molar-refractivity contribution >= 4 is 39.2 Å². The molecule has 114 valence electrons. The molecule has 1 amide bonds. The Morgan fingerprint density at radius 3 is 2.81 bits per heavy atom. The van der Waals surface area contributed by atoms with Crippen LogP contribution in [0.25, 0.3) is 10.2 Å². The molecular weight excluding hydrogens is 302 g/mol. The monoisotopic (exact) mass is 323 g/mol. The lowest BCUT2D eigenvalue weighted by Crippen LogP contribution is -2.37. The van der Waals surface area contributed by atoms with Crippen LogP contribution in [0.3, 0.4) is 0 Å². The van der Waals surface area contributed by atoms with Crippen molar-refractivity contribution in [1.29, 1.82) is 0 Å². The van der Waals surface area contributed by atoms with Gasteiger partial charge in [-0.3, -0.25) is 4.79 Å². The number of fused-ring (bicyclic) bond motifs is 1. The Bertz CT molecular complexity index is 626. The lowest BCUT2D eigenvalue weighted by atomic mass is 10.2. The van der Waals surface area contributed by atoms with Crippen molar-refractivity contribution in [2.24, 2.45) is 0 Å². The molecule has 0 bridgehead atoms. The second-order valence-electron chi connectivity index (χ2n) is 5.04. The van der Waals surface area contributed by atoms with Gasteiger partial charge in [-0.15, -0.1) is 11.3 Å². The molecule has 2 rings (SSSR count). The number of thioether (sulfide) groups is 1. The molecule has 0 aliphatic heterocycles. The van der Waals surface area contributed by atoms with Crippen molar-refractivity contribution in [3.8, 4) is 0 Å². The number of rotatable bonds is 6. The van der Waals surface area contributed by atoms with Crippen LogP contribution in [0.15, 0.2) is 17.4 Å². The lowest BCUT2D eigenvalue weighted by molar-refractivity contribution is -0.120. The third-order valence-corrected chi connectivity index (χ3v) is 5.65. The fourth-order valence-electron chi connectivity index (χ4n) is 1.84. The summed E-state index contributed by atoms with van der Waals surface area (Å²) in [4.78, 5) is 23.1. The first-order valence-electron chi connectivity index (χ1n) is 7.25. The quantitative estimate of drug-likeness (QED) is 0.651. The van der Waals surface area contributed by atoms with Crippen LogP contribution < -0.4 is 5.32 Å². The van der Waals surface area contributed by atoms with Gasteiger partial charge in [-0.1, -0.05) is 25.6 Å². The van der Waals surface area contributed by atoms with Gasteiger partial charge in [0.2, 0.25) is 5.91 Å². The summed E-state index contributed by atoms with van der Waals surface area (Å²) in [5.41, 5.74) is 0. The van der Waals surface area contributed by atoms with E-state index in [1.807, 2.05) is 13.8 Å². The van der Waals surface area contributed by atoms with Crippen molar-refractivity contribution < 1.29 is 4.79 Å². The summed E-state index contributed by atoms with van der Waals surface area (Å²) in [6.07, 6.45) is 3.51. The zero-order valence-electron chi connectivity index (χ0n) is 12.8. The molecule has 2 unspecified atom stereocenters. The van der Waals surface area contributed by atoms with Gasteiger partial charge in [-0.25, -0.2) is 9.97 Å². The topological polar surface area (TPSA) is 54.9 Å². The van der Waals surface area contributed by atoms with Gasteiger partial charge in [0, 0.05) is 16.3 Å². The minimum absolute atomic E-state index is 0.0621. The zero-order chi connectivity index (χ0) is 15.4. The molecule has 0 saturated carbocycles. The molecule has 0 aromatic carbocycles. The molecule has 2 aromatic heterocycles. The number of amides is 1. The number of aromatic nitrogens is 2. The maximum atomic E-state index is 12.1. The van der Waals surface area contributed by atoms with Crippen LogP contribution in [0.2, 0.25) is 0 Å². The first-order chi connectivity index (χ1) is 10.0. The maximum absolute atomic E-state index is 12.1. The number of carbonyl (C=O) groups excluding carboxylic acids is 1. The zero-order valence-corrected chi connectivity index (χ0v) is 14.5. The van der Waals surface area contributed by atoms with Gasteiger partial charge in [-0.2, -0.15) is 0 Å². The van der Waals surface area contributed by atoms with E-state index in [2.05, 4.69) is 35.2 Å². The van der Waals surface area contributed by atoms with E-state index in [1.165, 1.54) is 16.6 Å². The average molecular weight is 323 g/mol. The molecule has 2 atom stereocenters. The Balaban J connectivity index is 2.15. The van der Waals surface area contributed by atoms with Crippen LogP contribution >= 0.6 is 23.1 Å². The first-order valence-corrected chi connectivity index (χ1v) is 8.95. The number of nitrogens with one attached hydrogen (secondary N) is 1. The molecule has 2 aromatic rings. The van der Waals surface area contributed by atoms with Gasteiger partial charge in [0.1, 0.15) is 16.2 Å². The Labute approximate surface area is 133 Å². The summed E-state index contributed by atoms with van der Waals surface area (Å²) in [6, 6.07) is 2.35. The SMILES string of the molecule is CCc1cc2c(SC(C)C(=O)NC(C)CC)ncnc2s1. The fraction of sp³-hybridized carbons (Fsp3) is 0.533. The number of aryl methyl sites for hydroxylation is 1. The molecule has 0 saturated heterocycles. The van der Waals surface area contributed by atoms with Crippen molar-refractivity contribution in [1.82, 2.24) is 15.3 Å². The summed E-state index contributed by atoms with van der Waals surface area (Å²) >= 11 is 3.20.